The minimum absolute atomic E-state index is 0.0401. The molecule has 0 radical (unpaired) electrons. The van der Waals surface area contributed by atoms with Gasteiger partial charge < -0.3 is 10.2 Å². The molecule has 21 heavy (non-hydrogen) atoms. The largest absolute Gasteiger partial charge is 0.396 e. The fraction of sp³-hybridized carbons (Fsp3) is 0.263. The molecule has 2 N–H and O–H groups in total. The van der Waals surface area contributed by atoms with Gasteiger partial charge in [0.25, 0.3) is 0 Å². The normalized spacial score (nSPS) is 11.3. The molecule has 0 aliphatic rings. The topological polar surface area (TPSA) is 40.5 Å². The van der Waals surface area contributed by atoms with Crippen molar-refractivity contribution in [1.82, 2.24) is 0 Å². The Labute approximate surface area is 126 Å². The van der Waals surface area contributed by atoms with Crippen LogP contribution in [-0.2, 0) is 12.8 Å². The van der Waals surface area contributed by atoms with Gasteiger partial charge in [-0.15, -0.1) is 0 Å². The molecule has 2 heteroatoms. The van der Waals surface area contributed by atoms with E-state index in [1.165, 1.54) is 0 Å². The Morgan fingerprint density at radius 2 is 1.33 bits per heavy atom. The average Bonchev–Trinajstić information content (AvgIpc) is 2.56. The summed E-state index contributed by atoms with van der Waals surface area (Å²) in [5.41, 5.74) is 2.78. The maximum atomic E-state index is 9.82. The molecule has 0 atom stereocenters. The van der Waals surface area contributed by atoms with Crippen molar-refractivity contribution < 1.29 is 10.2 Å². The fourth-order valence-electron chi connectivity index (χ4n) is 2.57. The number of benzene rings is 2. The maximum absolute atomic E-state index is 9.82. The van der Waals surface area contributed by atoms with Crippen molar-refractivity contribution in [2.24, 2.45) is 5.41 Å². The summed E-state index contributed by atoms with van der Waals surface area (Å²) in [6.07, 6.45) is 3.11. The Bertz CT molecular complexity index is 554. The van der Waals surface area contributed by atoms with Crippen molar-refractivity contribution in [2.45, 2.75) is 12.8 Å². The third-order valence-electron chi connectivity index (χ3n) is 3.89. The maximum Gasteiger partial charge on any atom is 0.0515 e. The van der Waals surface area contributed by atoms with Gasteiger partial charge >= 0.3 is 0 Å². The molecule has 0 fully saturated rings. The van der Waals surface area contributed by atoms with E-state index in [1.54, 1.807) is 6.08 Å². The monoisotopic (exact) mass is 282 g/mol. The summed E-state index contributed by atoms with van der Waals surface area (Å²) < 4.78 is 0. The molecule has 0 heterocycles. The lowest BCUT2D eigenvalue weighted by Gasteiger charge is -2.30. The van der Waals surface area contributed by atoms with E-state index in [2.05, 4.69) is 6.58 Å². The van der Waals surface area contributed by atoms with Crippen LogP contribution in [0.25, 0.3) is 6.08 Å². The van der Waals surface area contributed by atoms with E-state index in [0.717, 1.165) is 16.7 Å². The molecule has 2 aromatic carbocycles. The van der Waals surface area contributed by atoms with Gasteiger partial charge in [0.2, 0.25) is 0 Å². The zero-order chi connectivity index (χ0) is 15.1. The van der Waals surface area contributed by atoms with Gasteiger partial charge in [0, 0.05) is 5.41 Å². The molecule has 0 spiro atoms. The first-order chi connectivity index (χ1) is 10.2. The van der Waals surface area contributed by atoms with Crippen molar-refractivity contribution in [2.75, 3.05) is 13.2 Å². The quantitative estimate of drug-likeness (QED) is 0.819. The number of aliphatic hydroxyl groups is 2. The standard InChI is InChI=1S/C19H22O2/c1-2-16-8-10-18(11-9-16)13-19(14-20,15-21)12-17-6-4-3-5-7-17/h2-11,20-21H,1,12-15H2. The minimum atomic E-state index is -0.531. The Morgan fingerprint density at radius 1 is 0.810 bits per heavy atom. The average molecular weight is 282 g/mol. The van der Waals surface area contributed by atoms with Gasteiger partial charge in [0.1, 0.15) is 0 Å². The second-order valence-corrected chi connectivity index (χ2v) is 5.60. The van der Waals surface area contributed by atoms with Gasteiger partial charge in [-0.3, -0.25) is 0 Å². The summed E-state index contributed by atoms with van der Waals surface area (Å²) in [7, 11) is 0. The number of hydrogen-bond donors (Lipinski definition) is 2. The molecule has 2 aromatic rings. The first-order valence-electron chi connectivity index (χ1n) is 7.18. The summed E-state index contributed by atoms with van der Waals surface area (Å²) in [4.78, 5) is 0. The van der Waals surface area contributed by atoms with Gasteiger partial charge in [-0.25, -0.2) is 0 Å². The lowest BCUT2D eigenvalue weighted by atomic mass is 9.78. The Kier molecular flexibility index (Phi) is 5.32. The van der Waals surface area contributed by atoms with E-state index in [-0.39, 0.29) is 13.2 Å². The molecule has 2 rings (SSSR count). The predicted molar refractivity (Wildman–Crippen MR) is 87.0 cm³/mol. The molecule has 0 saturated carbocycles. The van der Waals surface area contributed by atoms with Crippen LogP contribution in [0.5, 0.6) is 0 Å². The molecular formula is C19H22O2. The van der Waals surface area contributed by atoms with Crippen LogP contribution in [0.1, 0.15) is 16.7 Å². The highest BCUT2D eigenvalue weighted by molar-refractivity contribution is 5.47. The number of hydrogen-bond acceptors (Lipinski definition) is 2. The van der Waals surface area contributed by atoms with Gasteiger partial charge in [-0.1, -0.05) is 67.3 Å². The molecule has 0 saturated heterocycles. The summed E-state index contributed by atoms with van der Waals surface area (Å²) in [6.45, 7) is 3.66. The summed E-state index contributed by atoms with van der Waals surface area (Å²) in [6, 6.07) is 18.1. The third kappa shape index (κ3) is 4.03. The van der Waals surface area contributed by atoms with Crippen LogP contribution in [0.4, 0.5) is 0 Å². The van der Waals surface area contributed by atoms with Crippen LogP contribution < -0.4 is 0 Å². The van der Waals surface area contributed by atoms with Crippen molar-refractivity contribution in [3.63, 3.8) is 0 Å². The first kappa shape index (κ1) is 15.5. The molecule has 0 unspecified atom stereocenters. The Morgan fingerprint density at radius 3 is 1.81 bits per heavy atom. The van der Waals surface area contributed by atoms with Gasteiger partial charge in [-0.05, 0) is 29.5 Å². The highest BCUT2D eigenvalue weighted by Gasteiger charge is 2.29. The van der Waals surface area contributed by atoms with E-state index in [4.69, 9.17) is 0 Å². The van der Waals surface area contributed by atoms with Gasteiger partial charge in [0.15, 0.2) is 0 Å². The fourth-order valence-corrected chi connectivity index (χ4v) is 2.57. The Balaban J connectivity index is 2.18. The molecule has 0 aliphatic carbocycles. The molecule has 0 aliphatic heterocycles. The zero-order valence-corrected chi connectivity index (χ0v) is 12.2. The second-order valence-electron chi connectivity index (χ2n) is 5.60. The van der Waals surface area contributed by atoms with E-state index in [9.17, 15) is 10.2 Å². The molecule has 0 aromatic heterocycles. The molecule has 2 nitrogen and oxygen atoms in total. The molecule has 0 bridgehead atoms. The zero-order valence-electron chi connectivity index (χ0n) is 12.2. The summed E-state index contributed by atoms with van der Waals surface area (Å²) in [5.74, 6) is 0. The summed E-state index contributed by atoms with van der Waals surface area (Å²) >= 11 is 0. The highest BCUT2D eigenvalue weighted by Crippen LogP contribution is 2.27. The number of rotatable bonds is 7. The SMILES string of the molecule is C=Cc1ccc(CC(CO)(CO)Cc2ccccc2)cc1. The van der Waals surface area contributed by atoms with E-state index < -0.39 is 5.41 Å². The van der Waals surface area contributed by atoms with Crippen LogP contribution >= 0.6 is 0 Å². The van der Waals surface area contributed by atoms with Crippen molar-refractivity contribution in [3.05, 3.63) is 77.9 Å². The van der Waals surface area contributed by atoms with Crippen LogP contribution in [0, 0.1) is 5.41 Å². The predicted octanol–water partition coefficient (Wildman–Crippen LogP) is 3.09. The molecule has 0 amide bonds. The van der Waals surface area contributed by atoms with E-state index in [1.807, 2.05) is 54.6 Å². The third-order valence-corrected chi connectivity index (χ3v) is 3.89. The van der Waals surface area contributed by atoms with Crippen LogP contribution in [0.15, 0.2) is 61.2 Å². The molecule has 110 valence electrons. The first-order valence-corrected chi connectivity index (χ1v) is 7.18. The summed E-state index contributed by atoms with van der Waals surface area (Å²) in [5, 5.41) is 19.6. The van der Waals surface area contributed by atoms with Crippen LogP contribution in [0.2, 0.25) is 0 Å². The molecular weight excluding hydrogens is 260 g/mol. The van der Waals surface area contributed by atoms with Crippen molar-refractivity contribution in [1.29, 1.82) is 0 Å². The van der Waals surface area contributed by atoms with Gasteiger partial charge in [-0.2, -0.15) is 0 Å². The lowest BCUT2D eigenvalue weighted by molar-refractivity contribution is 0.0548. The number of aliphatic hydroxyl groups excluding tert-OH is 2. The van der Waals surface area contributed by atoms with E-state index >= 15 is 0 Å². The second kappa shape index (κ2) is 7.21. The van der Waals surface area contributed by atoms with Crippen LogP contribution in [0.3, 0.4) is 0 Å². The smallest absolute Gasteiger partial charge is 0.0515 e. The highest BCUT2D eigenvalue weighted by atomic mass is 16.3. The van der Waals surface area contributed by atoms with Crippen molar-refractivity contribution in [3.8, 4) is 0 Å². The van der Waals surface area contributed by atoms with E-state index in [0.29, 0.717) is 12.8 Å². The van der Waals surface area contributed by atoms with Gasteiger partial charge in [0.05, 0.1) is 13.2 Å². The Hall–Kier alpha value is -1.90. The van der Waals surface area contributed by atoms with Crippen molar-refractivity contribution >= 4 is 6.08 Å². The minimum Gasteiger partial charge on any atom is -0.396 e. The lowest BCUT2D eigenvalue weighted by Crippen LogP contribution is -2.34. The van der Waals surface area contributed by atoms with Crippen LogP contribution in [-0.4, -0.2) is 23.4 Å².